The third kappa shape index (κ3) is 5.37. The van der Waals surface area contributed by atoms with Crippen molar-refractivity contribution in [1.82, 2.24) is 5.32 Å². The first-order valence-corrected chi connectivity index (χ1v) is 9.20. The number of carbonyl (C=O) groups is 2. The average Bonchev–Trinajstić information content (AvgIpc) is 2.66. The standard InChI is InChI=1S/C22H23F4NO3/c1-13(15-7-5-6-8-18(15)30-4)27-20(29)16-11-14(23)9-10-17(16)21(2,3)12-19(28)22(24,25)26/h5-11,13H,12H2,1-4H3,(H,27,29). The number of hydrogen-bond acceptors (Lipinski definition) is 3. The predicted molar refractivity (Wildman–Crippen MR) is 104 cm³/mol. The number of halogens is 4. The molecule has 4 nitrogen and oxygen atoms in total. The van der Waals surface area contributed by atoms with Crippen molar-refractivity contribution in [3.8, 4) is 5.75 Å². The number of amides is 1. The molecule has 0 radical (unpaired) electrons. The number of benzene rings is 2. The molecule has 0 aliphatic rings. The SMILES string of the molecule is COc1ccccc1C(C)NC(=O)c1cc(F)ccc1C(C)(C)CC(=O)C(F)(F)F. The quantitative estimate of drug-likeness (QED) is 0.626. The van der Waals surface area contributed by atoms with E-state index in [1.54, 1.807) is 31.2 Å². The Bertz CT molecular complexity index is 938. The largest absolute Gasteiger partial charge is 0.496 e. The second kappa shape index (κ2) is 8.85. The summed E-state index contributed by atoms with van der Waals surface area (Å²) in [5.74, 6) is -2.76. The number of methoxy groups -OCH3 is 1. The zero-order chi connectivity index (χ0) is 22.7. The molecule has 2 aromatic rings. The van der Waals surface area contributed by atoms with Gasteiger partial charge in [-0.25, -0.2) is 4.39 Å². The minimum absolute atomic E-state index is 0.128. The highest BCUT2D eigenvalue weighted by molar-refractivity contribution is 5.97. The van der Waals surface area contributed by atoms with Gasteiger partial charge in [-0.15, -0.1) is 0 Å². The third-order valence-electron chi connectivity index (χ3n) is 4.83. The molecule has 0 aliphatic carbocycles. The lowest BCUT2D eigenvalue weighted by atomic mass is 9.77. The molecule has 0 aliphatic heterocycles. The average molecular weight is 425 g/mol. The molecule has 0 saturated carbocycles. The van der Waals surface area contributed by atoms with Crippen LogP contribution in [-0.4, -0.2) is 25.0 Å². The van der Waals surface area contributed by atoms with Crippen LogP contribution in [-0.2, 0) is 10.2 Å². The molecule has 0 fully saturated rings. The van der Waals surface area contributed by atoms with Crippen LogP contribution in [0.4, 0.5) is 17.6 Å². The highest BCUT2D eigenvalue weighted by Gasteiger charge is 2.42. The summed E-state index contributed by atoms with van der Waals surface area (Å²) in [6, 6.07) is 9.72. The summed E-state index contributed by atoms with van der Waals surface area (Å²) in [5.41, 5.74) is -0.651. The number of para-hydroxylation sites is 1. The lowest BCUT2D eigenvalue weighted by molar-refractivity contribution is -0.172. The molecular formula is C22H23F4NO3. The maximum atomic E-state index is 13.9. The molecule has 162 valence electrons. The Hall–Kier alpha value is -2.90. The first kappa shape index (κ1) is 23.4. The Morgan fingerprint density at radius 2 is 1.73 bits per heavy atom. The maximum Gasteiger partial charge on any atom is 0.450 e. The number of hydrogen-bond donors (Lipinski definition) is 1. The van der Waals surface area contributed by atoms with E-state index < -0.39 is 41.6 Å². The molecule has 0 saturated heterocycles. The van der Waals surface area contributed by atoms with E-state index >= 15 is 0 Å². The summed E-state index contributed by atoms with van der Waals surface area (Å²) in [6.07, 6.45) is -5.86. The van der Waals surface area contributed by atoms with E-state index in [4.69, 9.17) is 4.74 Å². The van der Waals surface area contributed by atoms with Crippen molar-refractivity contribution >= 4 is 11.7 Å². The first-order chi connectivity index (χ1) is 13.9. The minimum atomic E-state index is -4.99. The van der Waals surface area contributed by atoms with E-state index in [0.29, 0.717) is 11.3 Å². The van der Waals surface area contributed by atoms with E-state index in [2.05, 4.69) is 5.32 Å². The Balaban J connectivity index is 2.36. The minimum Gasteiger partial charge on any atom is -0.496 e. The molecule has 0 spiro atoms. The third-order valence-corrected chi connectivity index (χ3v) is 4.83. The topological polar surface area (TPSA) is 55.4 Å². The van der Waals surface area contributed by atoms with Crippen molar-refractivity contribution in [2.45, 2.75) is 44.8 Å². The number of ketones is 1. The van der Waals surface area contributed by atoms with Gasteiger partial charge in [0, 0.05) is 17.5 Å². The van der Waals surface area contributed by atoms with Crippen LogP contribution in [0.3, 0.4) is 0 Å². The second-order valence-corrected chi connectivity index (χ2v) is 7.61. The molecule has 8 heteroatoms. The Morgan fingerprint density at radius 3 is 2.33 bits per heavy atom. The molecule has 2 aromatic carbocycles. The van der Waals surface area contributed by atoms with Gasteiger partial charge in [0.15, 0.2) is 0 Å². The Kier molecular flexibility index (Phi) is 6.90. The van der Waals surface area contributed by atoms with Crippen molar-refractivity contribution in [3.63, 3.8) is 0 Å². The zero-order valence-corrected chi connectivity index (χ0v) is 17.1. The fourth-order valence-corrected chi connectivity index (χ4v) is 3.27. The van der Waals surface area contributed by atoms with Crippen LogP contribution in [0.2, 0.25) is 0 Å². The summed E-state index contributed by atoms with van der Waals surface area (Å²) in [5, 5.41) is 2.72. The number of carbonyl (C=O) groups excluding carboxylic acids is 2. The highest BCUT2D eigenvalue weighted by atomic mass is 19.4. The van der Waals surface area contributed by atoms with E-state index in [9.17, 15) is 27.2 Å². The number of rotatable bonds is 7. The fourth-order valence-electron chi connectivity index (χ4n) is 3.27. The molecule has 1 amide bonds. The van der Waals surface area contributed by atoms with Crippen LogP contribution in [0.5, 0.6) is 5.75 Å². The number of Topliss-reactive ketones (excluding diaryl/α,β-unsaturated/α-hetero) is 1. The molecule has 30 heavy (non-hydrogen) atoms. The summed E-state index contributed by atoms with van der Waals surface area (Å²) < 4.78 is 57.4. The number of alkyl halides is 3. The van der Waals surface area contributed by atoms with E-state index in [-0.39, 0.29) is 11.1 Å². The molecule has 1 unspecified atom stereocenters. The summed E-state index contributed by atoms with van der Waals surface area (Å²) in [4.78, 5) is 24.4. The number of nitrogens with one attached hydrogen (secondary N) is 1. The lowest BCUT2D eigenvalue weighted by Gasteiger charge is -2.28. The van der Waals surface area contributed by atoms with Crippen LogP contribution < -0.4 is 10.1 Å². The van der Waals surface area contributed by atoms with Gasteiger partial charge in [-0.2, -0.15) is 13.2 Å². The van der Waals surface area contributed by atoms with Gasteiger partial charge in [0.2, 0.25) is 5.78 Å². The van der Waals surface area contributed by atoms with Crippen LogP contribution >= 0.6 is 0 Å². The maximum absolute atomic E-state index is 13.9. The van der Waals surface area contributed by atoms with Crippen molar-refractivity contribution < 1.29 is 31.9 Å². The van der Waals surface area contributed by atoms with Gasteiger partial charge < -0.3 is 10.1 Å². The first-order valence-electron chi connectivity index (χ1n) is 9.20. The number of ether oxygens (including phenoxy) is 1. The Morgan fingerprint density at radius 1 is 1.10 bits per heavy atom. The van der Waals surface area contributed by atoms with E-state index in [1.165, 1.54) is 27.0 Å². The molecule has 2 rings (SSSR count). The van der Waals surface area contributed by atoms with Crippen LogP contribution in [0.1, 0.15) is 54.7 Å². The van der Waals surface area contributed by atoms with Gasteiger partial charge >= 0.3 is 6.18 Å². The normalized spacial score (nSPS) is 12.9. The summed E-state index contributed by atoms with van der Waals surface area (Å²) in [7, 11) is 1.48. The van der Waals surface area contributed by atoms with E-state index in [0.717, 1.165) is 12.1 Å². The Labute approximate surface area is 172 Å². The molecular weight excluding hydrogens is 402 g/mol. The molecule has 0 aromatic heterocycles. The smallest absolute Gasteiger partial charge is 0.450 e. The fraction of sp³-hybridized carbons (Fsp3) is 0.364. The summed E-state index contributed by atoms with van der Waals surface area (Å²) >= 11 is 0. The van der Waals surface area contributed by atoms with Gasteiger partial charge in [0.05, 0.1) is 13.2 Å². The molecule has 1 atom stereocenters. The van der Waals surface area contributed by atoms with Crippen molar-refractivity contribution in [3.05, 3.63) is 65.0 Å². The van der Waals surface area contributed by atoms with Crippen LogP contribution in [0.15, 0.2) is 42.5 Å². The van der Waals surface area contributed by atoms with Crippen molar-refractivity contribution in [2.24, 2.45) is 0 Å². The van der Waals surface area contributed by atoms with Gasteiger partial charge in [0.1, 0.15) is 11.6 Å². The summed E-state index contributed by atoms with van der Waals surface area (Å²) in [6.45, 7) is 4.52. The highest BCUT2D eigenvalue weighted by Crippen LogP contribution is 2.34. The van der Waals surface area contributed by atoms with Gasteiger partial charge in [-0.05, 0) is 36.1 Å². The van der Waals surface area contributed by atoms with Gasteiger partial charge in [-0.3, -0.25) is 9.59 Å². The zero-order valence-electron chi connectivity index (χ0n) is 17.1. The molecule has 0 heterocycles. The molecule has 1 N–H and O–H groups in total. The lowest BCUT2D eigenvalue weighted by Crippen LogP contribution is -2.34. The van der Waals surface area contributed by atoms with Gasteiger partial charge in [-0.1, -0.05) is 38.1 Å². The second-order valence-electron chi connectivity index (χ2n) is 7.61. The van der Waals surface area contributed by atoms with Crippen LogP contribution in [0, 0.1) is 5.82 Å². The monoisotopic (exact) mass is 425 g/mol. The van der Waals surface area contributed by atoms with Gasteiger partial charge in [0.25, 0.3) is 5.91 Å². The predicted octanol–water partition coefficient (Wildman–Crippen LogP) is 5.12. The van der Waals surface area contributed by atoms with Crippen molar-refractivity contribution in [2.75, 3.05) is 7.11 Å². The molecule has 0 bridgehead atoms. The van der Waals surface area contributed by atoms with Crippen LogP contribution in [0.25, 0.3) is 0 Å². The van der Waals surface area contributed by atoms with E-state index in [1.807, 2.05) is 0 Å². The van der Waals surface area contributed by atoms with Crippen molar-refractivity contribution in [1.29, 1.82) is 0 Å².